The van der Waals surface area contributed by atoms with E-state index in [-0.39, 0.29) is 23.4 Å². The molecule has 1 aromatic carbocycles. The Morgan fingerprint density at radius 3 is 2.29 bits per heavy atom. The highest BCUT2D eigenvalue weighted by Crippen LogP contribution is 2.21. The zero-order valence-corrected chi connectivity index (χ0v) is 14.9. The Kier molecular flexibility index (Phi) is 5.70. The third-order valence-corrected chi connectivity index (χ3v) is 4.10. The van der Waals surface area contributed by atoms with E-state index in [1.165, 1.54) is 18.2 Å². The monoisotopic (exact) mass is 356 g/mol. The number of nitrogens with zero attached hydrogens (tertiary/aromatic N) is 2. The molecule has 1 aromatic rings. The normalized spacial score (nSPS) is 15.4. The van der Waals surface area contributed by atoms with E-state index in [1.54, 1.807) is 9.80 Å². The number of halogens is 2. The predicted octanol–water partition coefficient (Wildman–Crippen LogP) is 2.57. The van der Waals surface area contributed by atoms with Crippen LogP contribution in [0.3, 0.4) is 0 Å². The second-order valence-corrected chi connectivity index (χ2v) is 7.19. The van der Waals surface area contributed by atoms with Gasteiger partial charge in [-0.3, -0.25) is 9.59 Å². The average molecular weight is 357 g/mol. The average Bonchev–Trinajstić information content (AvgIpc) is 2.54. The molecule has 1 heterocycles. The molecule has 5 nitrogen and oxygen atoms in total. The molecule has 0 spiro atoms. The summed E-state index contributed by atoms with van der Waals surface area (Å²) < 4.78 is 18.4. The van der Waals surface area contributed by atoms with Gasteiger partial charge in [0.1, 0.15) is 11.6 Å². The number of piperazine rings is 1. The summed E-state index contributed by atoms with van der Waals surface area (Å²) in [6, 6.07) is 3.96. The highest BCUT2D eigenvalue weighted by Gasteiger charge is 2.30. The fourth-order valence-electron chi connectivity index (χ4n) is 2.44. The molecule has 1 aliphatic heterocycles. The van der Waals surface area contributed by atoms with Gasteiger partial charge >= 0.3 is 0 Å². The number of amides is 2. The largest absolute Gasteiger partial charge is 0.484 e. The molecular weight excluding hydrogens is 335 g/mol. The highest BCUT2D eigenvalue weighted by atomic mass is 35.5. The Hall–Kier alpha value is -1.82. The summed E-state index contributed by atoms with van der Waals surface area (Å²) in [5.74, 6) is -0.267. The lowest BCUT2D eigenvalue weighted by molar-refractivity contribution is -0.145. The molecule has 2 rings (SSSR count). The second kappa shape index (κ2) is 7.38. The zero-order valence-electron chi connectivity index (χ0n) is 14.1. The van der Waals surface area contributed by atoms with Gasteiger partial charge in [0.25, 0.3) is 5.91 Å². The van der Waals surface area contributed by atoms with Crippen molar-refractivity contribution in [1.82, 2.24) is 9.80 Å². The molecule has 7 heteroatoms. The van der Waals surface area contributed by atoms with Crippen LogP contribution in [0.1, 0.15) is 20.8 Å². The third-order valence-electron chi connectivity index (χ3n) is 3.81. The van der Waals surface area contributed by atoms with Crippen LogP contribution in [0, 0.1) is 11.2 Å². The molecule has 0 saturated carbocycles. The SMILES string of the molecule is CC(C)(C)C(=O)N1CCN(C(=O)COc2ccc(F)c(Cl)c2)CC1. The van der Waals surface area contributed by atoms with E-state index in [4.69, 9.17) is 16.3 Å². The fourth-order valence-corrected chi connectivity index (χ4v) is 2.61. The van der Waals surface area contributed by atoms with Crippen LogP contribution < -0.4 is 4.74 Å². The van der Waals surface area contributed by atoms with Gasteiger partial charge in [0.15, 0.2) is 6.61 Å². The first-order valence-electron chi connectivity index (χ1n) is 7.83. The maximum absolute atomic E-state index is 13.1. The predicted molar refractivity (Wildman–Crippen MR) is 89.5 cm³/mol. The first-order chi connectivity index (χ1) is 11.2. The Bertz CT molecular complexity index is 623. The molecule has 0 aromatic heterocycles. The number of rotatable bonds is 3. The first kappa shape index (κ1) is 18.5. The summed E-state index contributed by atoms with van der Waals surface area (Å²) in [5, 5.41) is -0.0470. The topological polar surface area (TPSA) is 49.9 Å². The molecule has 132 valence electrons. The van der Waals surface area contributed by atoms with Gasteiger partial charge in [-0.25, -0.2) is 4.39 Å². The quantitative estimate of drug-likeness (QED) is 0.836. The minimum absolute atomic E-state index is 0.0470. The van der Waals surface area contributed by atoms with E-state index in [1.807, 2.05) is 20.8 Å². The summed E-state index contributed by atoms with van der Waals surface area (Å²) in [5.41, 5.74) is -0.420. The molecule has 0 radical (unpaired) electrons. The number of hydrogen-bond donors (Lipinski definition) is 0. The zero-order chi connectivity index (χ0) is 17.9. The van der Waals surface area contributed by atoms with Crippen molar-refractivity contribution in [3.05, 3.63) is 29.0 Å². The van der Waals surface area contributed by atoms with Gasteiger partial charge in [-0.1, -0.05) is 32.4 Å². The van der Waals surface area contributed by atoms with Gasteiger partial charge in [0.05, 0.1) is 5.02 Å². The van der Waals surface area contributed by atoms with E-state index >= 15 is 0 Å². The van der Waals surface area contributed by atoms with Crippen LogP contribution in [-0.2, 0) is 9.59 Å². The van der Waals surface area contributed by atoms with Gasteiger partial charge in [-0.2, -0.15) is 0 Å². The first-order valence-corrected chi connectivity index (χ1v) is 8.21. The molecule has 24 heavy (non-hydrogen) atoms. The Labute approximate surface area is 146 Å². The van der Waals surface area contributed by atoms with Crippen LogP contribution in [0.5, 0.6) is 5.75 Å². The number of carbonyl (C=O) groups excluding carboxylic acids is 2. The number of ether oxygens (including phenoxy) is 1. The van der Waals surface area contributed by atoms with E-state index in [0.29, 0.717) is 31.9 Å². The van der Waals surface area contributed by atoms with Crippen LogP contribution in [-0.4, -0.2) is 54.4 Å². The van der Waals surface area contributed by atoms with Crippen molar-refractivity contribution in [3.63, 3.8) is 0 Å². The van der Waals surface area contributed by atoms with Crippen molar-refractivity contribution in [1.29, 1.82) is 0 Å². The molecule has 2 amide bonds. The molecule has 1 fully saturated rings. The van der Waals surface area contributed by atoms with Gasteiger partial charge in [0.2, 0.25) is 5.91 Å². The van der Waals surface area contributed by atoms with Crippen molar-refractivity contribution in [2.75, 3.05) is 32.8 Å². The van der Waals surface area contributed by atoms with Gasteiger partial charge < -0.3 is 14.5 Å². The second-order valence-electron chi connectivity index (χ2n) is 6.79. The van der Waals surface area contributed by atoms with E-state index in [9.17, 15) is 14.0 Å². The number of carbonyl (C=O) groups is 2. The highest BCUT2D eigenvalue weighted by molar-refractivity contribution is 6.30. The van der Waals surface area contributed by atoms with Crippen molar-refractivity contribution < 1.29 is 18.7 Å². The molecule has 0 bridgehead atoms. The smallest absolute Gasteiger partial charge is 0.260 e. The van der Waals surface area contributed by atoms with Crippen molar-refractivity contribution in [2.45, 2.75) is 20.8 Å². The van der Waals surface area contributed by atoms with Gasteiger partial charge in [0, 0.05) is 37.7 Å². The molecule has 0 atom stereocenters. The maximum Gasteiger partial charge on any atom is 0.260 e. The molecule has 0 N–H and O–H groups in total. The number of hydrogen-bond acceptors (Lipinski definition) is 3. The summed E-state index contributed by atoms with van der Waals surface area (Å²) in [6.07, 6.45) is 0. The summed E-state index contributed by atoms with van der Waals surface area (Å²) >= 11 is 5.67. The van der Waals surface area contributed by atoms with Crippen LogP contribution in [0.25, 0.3) is 0 Å². The van der Waals surface area contributed by atoms with Crippen molar-refractivity contribution in [2.24, 2.45) is 5.41 Å². The van der Waals surface area contributed by atoms with Gasteiger partial charge in [-0.15, -0.1) is 0 Å². The van der Waals surface area contributed by atoms with Crippen LogP contribution in [0.2, 0.25) is 5.02 Å². The summed E-state index contributed by atoms with van der Waals surface area (Å²) in [4.78, 5) is 27.9. The molecule has 1 saturated heterocycles. The van der Waals surface area contributed by atoms with E-state index < -0.39 is 11.2 Å². The van der Waals surface area contributed by atoms with Crippen LogP contribution in [0.4, 0.5) is 4.39 Å². The molecule has 0 unspecified atom stereocenters. The van der Waals surface area contributed by atoms with E-state index in [0.717, 1.165) is 0 Å². The standard InChI is InChI=1S/C17H22ClFN2O3/c1-17(2,3)16(23)21-8-6-20(7-9-21)15(22)11-24-12-4-5-14(19)13(18)10-12/h4-5,10H,6-9,11H2,1-3H3. The van der Waals surface area contributed by atoms with Gasteiger partial charge in [-0.05, 0) is 12.1 Å². The Balaban J connectivity index is 1.82. The fraction of sp³-hybridized carbons (Fsp3) is 0.529. The lowest BCUT2D eigenvalue weighted by Crippen LogP contribution is -2.53. The Morgan fingerprint density at radius 2 is 1.75 bits per heavy atom. The minimum Gasteiger partial charge on any atom is -0.484 e. The summed E-state index contributed by atoms with van der Waals surface area (Å²) in [7, 11) is 0. The lowest BCUT2D eigenvalue weighted by Gasteiger charge is -2.37. The maximum atomic E-state index is 13.1. The Morgan fingerprint density at radius 1 is 1.17 bits per heavy atom. The number of benzene rings is 1. The third kappa shape index (κ3) is 4.60. The van der Waals surface area contributed by atoms with Crippen LogP contribution >= 0.6 is 11.6 Å². The van der Waals surface area contributed by atoms with Crippen LogP contribution in [0.15, 0.2) is 18.2 Å². The van der Waals surface area contributed by atoms with Crippen molar-refractivity contribution in [3.8, 4) is 5.75 Å². The minimum atomic E-state index is -0.532. The summed E-state index contributed by atoms with van der Waals surface area (Å²) in [6.45, 7) is 7.50. The van der Waals surface area contributed by atoms with E-state index in [2.05, 4.69) is 0 Å². The van der Waals surface area contributed by atoms with Crippen molar-refractivity contribution >= 4 is 23.4 Å². The lowest BCUT2D eigenvalue weighted by atomic mass is 9.94. The molecule has 0 aliphatic carbocycles. The molecule has 1 aliphatic rings. The molecular formula is C17H22ClFN2O3.